The van der Waals surface area contributed by atoms with Crippen molar-refractivity contribution in [1.82, 2.24) is 15.2 Å². The van der Waals surface area contributed by atoms with E-state index in [9.17, 15) is 13.6 Å². The first kappa shape index (κ1) is 19.1. The van der Waals surface area contributed by atoms with Crippen LogP contribution in [0.25, 0.3) is 0 Å². The zero-order valence-corrected chi connectivity index (χ0v) is 15.6. The number of nitrogens with zero attached hydrogens (tertiary/aromatic N) is 3. The van der Waals surface area contributed by atoms with Crippen LogP contribution < -0.4 is 5.32 Å². The molecule has 1 aromatic rings. The third-order valence-corrected chi connectivity index (χ3v) is 4.45. The van der Waals surface area contributed by atoms with Crippen LogP contribution in [0.1, 0.15) is 12.5 Å². The first-order valence-corrected chi connectivity index (χ1v) is 8.71. The Morgan fingerprint density at radius 2 is 2.16 bits per heavy atom. The van der Waals surface area contributed by atoms with E-state index in [2.05, 4.69) is 32.9 Å². The molecule has 0 aliphatic carbocycles. The fourth-order valence-electron chi connectivity index (χ4n) is 2.33. The number of hydrazone groups is 1. The lowest BCUT2D eigenvalue weighted by Gasteiger charge is -2.38. The van der Waals surface area contributed by atoms with Gasteiger partial charge in [-0.1, -0.05) is 28.6 Å². The standard InChI is InChI=1S/C17H19BrF2N4O/c1-4-22-24-11(2)23(3)13(9-18)8-16(24)17(25)21-10-12-5-6-14(19)15(20)7-12/h4-8,13H,2,9-10H2,1,3H3,(H,21,25)/b22-4-. The number of carbonyl (C=O) groups excluding carboxylic acids is 1. The summed E-state index contributed by atoms with van der Waals surface area (Å²) in [5.74, 6) is -1.69. The Balaban J connectivity index is 2.19. The molecule has 0 bridgehead atoms. The van der Waals surface area contributed by atoms with Gasteiger partial charge >= 0.3 is 0 Å². The molecule has 1 aliphatic rings. The average molecular weight is 413 g/mol. The Labute approximate surface area is 153 Å². The predicted octanol–water partition coefficient (Wildman–Crippen LogP) is 2.95. The van der Waals surface area contributed by atoms with E-state index in [0.29, 0.717) is 22.4 Å². The molecule has 1 amide bonds. The zero-order valence-electron chi connectivity index (χ0n) is 14.0. The van der Waals surface area contributed by atoms with Crippen LogP contribution in [0.4, 0.5) is 8.78 Å². The van der Waals surface area contributed by atoms with Crippen molar-refractivity contribution in [2.75, 3.05) is 12.4 Å². The second kappa shape index (κ2) is 8.24. The van der Waals surface area contributed by atoms with Crippen molar-refractivity contribution < 1.29 is 13.6 Å². The Bertz CT molecular complexity index is 735. The van der Waals surface area contributed by atoms with E-state index in [1.165, 1.54) is 11.1 Å². The summed E-state index contributed by atoms with van der Waals surface area (Å²) in [5, 5.41) is 8.94. The van der Waals surface area contributed by atoms with Gasteiger partial charge in [0.2, 0.25) is 0 Å². The summed E-state index contributed by atoms with van der Waals surface area (Å²) in [6, 6.07) is 3.45. The van der Waals surface area contributed by atoms with Crippen LogP contribution in [0.3, 0.4) is 0 Å². The maximum absolute atomic E-state index is 13.3. The molecule has 1 N–H and O–H groups in total. The third kappa shape index (κ3) is 4.25. The Morgan fingerprint density at radius 3 is 2.76 bits per heavy atom. The number of benzene rings is 1. The Kier molecular flexibility index (Phi) is 6.30. The molecular formula is C17H19BrF2N4O. The van der Waals surface area contributed by atoms with E-state index in [0.717, 1.165) is 12.1 Å². The van der Waals surface area contributed by atoms with Crippen molar-refractivity contribution in [1.29, 1.82) is 0 Å². The number of rotatable bonds is 5. The van der Waals surface area contributed by atoms with E-state index in [1.807, 2.05) is 11.9 Å². The fraction of sp³-hybridized carbons (Fsp3) is 0.294. The molecule has 134 valence electrons. The van der Waals surface area contributed by atoms with Crippen LogP contribution in [0.2, 0.25) is 0 Å². The summed E-state index contributed by atoms with van der Waals surface area (Å²) in [7, 11) is 1.86. The SMILES string of the molecule is C=C1N(/N=C\C)C(C(=O)NCc2ccc(F)c(F)c2)=CC(CBr)N1C. The second-order valence-electron chi connectivity index (χ2n) is 5.42. The molecule has 0 fully saturated rings. The van der Waals surface area contributed by atoms with Gasteiger partial charge < -0.3 is 10.2 Å². The molecule has 0 radical (unpaired) electrons. The van der Waals surface area contributed by atoms with Gasteiger partial charge in [-0.15, -0.1) is 0 Å². The smallest absolute Gasteiger partial charge is 0.270 e. The molecule has 1 heterocycles. The molecule has 0 spiro atoms. The molecule has 25 heavy (non-hydrogen) atoms. The van der Waals surface area contributed by atoms with Gasteiger partial charge in [0, 0.05) is 25.1 Å². The van der Waals surface area contributed by atoms with Crippen molar-refractivity contribution in [3.63, 3.8) is 0 Å². The normalized spacial score (nSPS) is 17.9. The summed E-state index contributed by atoms with van der Waals surface area (Å²) < 4.78 is 26.2. The largest absolute Gasteiger partial charge is 0.353 e. The second-order valence-corrected chi connectivity index (χ2v) is 6.06. The third-order valence-electron chi connectivity index (χ3n) is 3.79. The Morgan fingerprint density at radius 1 is 1.44 bits per heavy atom. The quantitative estimate of drug-likeness (QED) is 0.597. The molecule has 2 rings (SSSR count). The first-order chi connectivity index (χ1) is 11.9. The zero-order chi connectivity index (χ0) is 18.6. The summed E-state index contributed by atoms with van der Waals surface area (Å²) >= 11 is 3.41. The number of carbonyl (C=O) groups is 1. The van der Waals surface area contributed by atoms with Gasteiger partial charge in [-0.2, -0.15) is 5.10 Å². The van der Waals surface area contributed by atoms with Gasteiger partial charge in [-0.05, 0) is 30.7 Å². The molecule has 0 saturated heterocycles. The van der Waals surface area contributed by atoms with E-state index in [1.54, 1.807) is 19.2 Å². The van der Waals surface area contributed by atoms with Crippen LogP contribution in [0.5, 0.6) is 0 Å². The van der Waals surface area contributed by atoms with Crippen LogP contribution >= 0.6 is 15.9 Å². The van der Waals surface area contributed by atoms with E-state index in [-0.39, 0.29) is 18.5 Å². The van der Waals surface area contributed by atoms with Crippen LogP contribution in [-0.4, -0.2) is 40.5 Å². The molecule has 1 aliphatic heterocycles. The molecule has 1 aromatic carbocycles. The lowest BCUT2D eigenvalue weighted by molar-refractivity contribution is -0.119. The van der Waals surface area contributed by atoms with Crippen LogP contribution in [-0.2, 0) is 11.3 Å². The minimum atomic E-state index is -0.949. The molecule has 5 nitrogen and oxygen atoms in total. The molecule has 0 saturated carbocycles. The average Bonchev–Trinajstić information content (AvgIpc) is 2.60. The fourth-order valence-corrected chi connectivity index (χ4v) is 2.95. The molecule has 1 atom stereocenters. The maximum Gasteiger partial charge on any atom is 0.270 e. The Hall–Kier alpha value is -2.22. The monoisotopic (exact) mass is 412 g/mol. The number of halogens is 3. The molecule has 1 unspecified atom stereocenters. The first-order valence-electron chi connectivity index (χ1n) is 7.59. The number of alkyl halides is 1. The van der Waals surface area contributed by atoms with Crippen molar-refractivity contribution in [3.05, 3.63) is 59.6 Å². The van der Waals surface area contributed by atoms with E-state index >= 15 is 0 Å². The van der Waals surface area contributed by atoms with Crippen molar-refractivity contribution in [2.45, 2.75) is 19.5 Å². The maximum atomic E-state index is 13.3. The van der Waals surface area contributed by atoms with Crippen molar-refractivity contribution in [2.24, 2.45) is 5.10 Å². The highest BCUT2D eigenvalue weighted by Gasteiger charge is 2.30. The highest BCUT2D eigenvalue weighted by molar-refractivity contribution is 9.09. The summed E-state index contributed by atoms with van der Waals surface area (Å²) in [5.41, 5.74) is 0.787. The summed E-state index contributed by atoms with van der Waals surface area (Å²) in [6.45, 7) is 5.78. The van der Waals surface area contributed by atoms with Gasteiger partial charge in [-0.25, -0.2) is 13.8 Å². The van der Waals surface area contributed by atoms with Gasteiger partial charge in [0.05, 0.1) is 6.04 Å². The lowest BCUT2D eigenvalue weighted by Crippen LogP contribution is -2.45. The number of amides is 1. The number of nitrogens with one attached hydrogen (secondary N) is 1. The minimum Gasteiger partial charge on any atom is -0.353 e. The van der Waals surface area contributed by atoms with Gasteiger partial charge in [0.1, 0.15) is 11.5 Å². The highest BCUT2D eigenvalue weighted by Crippen LogP contribution is 2.25. The number of hydrogen-bond acceptors (Lipinski definition) is 4. The van der Waals surface area contributed by atoms with E-state index < -0.39 is 11.6 Å². The van der Waals surface area contributed by atoms with Gasteiger partial charge in [0.25, 0.3) is 5.91 Å². The summed E-state index contributed by atoms with van der Waals surface area (Å²) in [4.78, 5) is 14.5. The predicted molar refractivity (Wildman–Crippen MR) is 96.8 cm³/mol. The molecule has 8 heteroatoms. The van der Waals surface area contributed by atoms with Gasteiger partial charge in [0.15, 0.2) is 11.6 Å². The van der Waals surface area contributed by atoms with Crippen LogP contribution in [0.15, 0.2) is 47.5 Å². The van der Waals surface area contributed by atoms with Crippen LogP contribution in [0, 0.1) is 11.6 Å². The highest BCUT2D eigenvalue weighted by atomic mass is 79.9. The van der Waals surface area contributed by atoms with E-state index in [4.69, 9.17) is 0 Å². The number of likely N-dealkylation sites (N-methyl/N-ethyl adjacent to an activating group) is 1. The minimum absolute atomic E-state index is 0.0557. The lowest BCUT2D eigenvalue weighted by atomic mass is 10.1. The topological polar surface area (TPSA) is 47.9 Å². The molecular weight excluding hydrogens is 394 g/mol. The van der Waals surface area contributed by atoms with Crippen molar-refractivity contribution >= 4 is 28.1 Å². The summed E-state index contributed by atoms with van der Waals surface area (Å²) in [6.07, 6.45) is 3.33. The molecule has 0 aromatic heterocycles. The number of hydrogen-bond donors (Lipinski definition) is 1. The van der Waals surface area contributed by atoms with Gasteiger partial charge in [-0.3, -0.25) is 4.79 Å². The van der Waals surface area contributed by atoms with Crippen molar-refractivity contribution in [3.8, 4) is 0 Å².